The molecule has 3 aromatic carbocycles. The molecule has 0 unspecified atom stereocenters. The van der Waals surface area contributed by atoms with Crippen LogP contribution in [0.2, 0.25) is 0 Å². The van der Waals surface area contributed by atoms with Crippen molar-refractivity contribution in [1.82, 2.24) is 0 Å². The topological polar surface area (TPSA) is 84.2 Å². The van der Waals surface area contributed by atoms with E-state index in [4.69, 9.17) is 23.4 Å². The van der Waals surface area contributed by atoms with Gasteiger partial charge in [-0.2, -0.15) is 0 Å². The Labute approximate surface area is 190 Å². The van der Waals surface area contributed by atoms with Crippen LogP contribution in [0.3, 0.4) is 0 Å². The third-order valence-corrected chi connectivity index (χ3v) is 5.35. The van der Waals surface area contributed by atoms with Crippen LogP contribution >= 0.6 is 0 Å². The van der Waals surface area contributed by atoms with E-state index in [1.807, 2.05) is 6.92 Å². The first kappa shape index (κ1) is 22.0. The normalized spacial score (nSPS) is 10.7. The van der Waals surface area contributed by atoms with Crippen LogP contribution in [0.4, 0.5) is 0 Å². The summed E-state index contributed by atoms with van der Waals surface area (Å²) in [5.74, 6) is 1.38. The Kier molecular flexibility index (Phi) is 6.04. The first-order valence-electron chi connectivity index (χ1n) is 10.1. The van der Waals surface area contributed by atoms with Crippen LogP contribution in [0, 0.1) is 6.92 Å². The fourth-order valence-corrected chi connectivity index (χ4v) is 3.61. The van der Waals surface area contributed by atoms with Crippen molar-refractivity contribution in [3.63, 3.8) is 0 Å². The first-order valence-corrected chi connectivity index (χ1v) is 10.1. The Balaban J connectivity index is 1.70. The molecule has 7 heteroatoms. The van der Waals surface area contributed by atoms with Gasteiger partial charge in [0.1, 0.15) is 17.1 Å². The standard InChI is InChI=1S/C26H22O7/c1-15-20-14-19(32-25(27)17-7-11-22(30-3)23(13-17)31-4)10-12-21(20)33-26(28)24(15)16-5-8-18(29-2)9-6-16/h5-14H,1-4H3. The van der Waals surface area contributed by atoms with Crippen molar-refractivity contribution in [3.8, 4) is 34.1 Å². The first-order chi connectivity index (χ1) is 15.9. The van der Waals surface area contributed by atoms with Crippen LogP contribution in [0.1, 0.15) is 15.9 Å². The molecular weight excluding hydrogens is 424 g/mol. The molecule has 1 aromatic heterocycles. The molecule has 0 saturated carbocycles. The number of carbonyl (C=O) groups is 1. The maximum absolute atomic E-state index is 12.7. The Morgan fingerprint density at radius 1 is 0.788 bits per heavy atom. The van der Waals surface area contributed by atoms with E-state index in [0.717, 1.165) is 5.56 Å². The fraction of sp³-hybridized carbons (Fsp3) is 0.154. The lowest BCUT2D eigenvalue weighted by molar-refractivity contribution is 0.0734. The highest BCUT2D eigenvalue weighted by Crippen LogP contribution is 2.31. The van der Waals surface area contributed by atoms with Gasteiger partial charge in [0.2, 0.25) is 0 Å². The van der Waals surface area contributed by atoms with E-state index < -0.39 is 11.6 Å². The average Bonchev–Trinajstić information content (AvgIpc) is 2.84. The molecule has 1 heterocycles. The summed E-state index contributed by atoms with van der Waals surface area (Å²) < 4.78 is 26.7. The van der Waals surface area contributed by atoms with Gasteiger partial charge in [-0.25, -0.2) is 9.59 Å². The zero-order valence-electron chi connectivity index (χ0n) is 18.6. The van der Waals surface area contributed by atoms with E-state index in [9.17, 15) is 9.59 Å². The predicted molar refractivity (Wildman–Crippen MR) is 124 cm³/mol. The van der Waals surface area contributed by atoms with Crippen LogP contribution < -0.4 is 24.6 Å². The lowest BCUT2D eigenvalue weighted by Gasteiger charge is -2.11. The van der Waals surface area contributed by atoms with Crippen molar-refractivity contribution in [2.75, 3.05) is 21.3 Å². The number of methoxy groups -OCH3 is 3. The van der Waals surface area contributed by atoms with Gasteiger partial charge in [0.25, 0.3) is 0 Å². The lowest BCUT2D eigenvalue weighted by atomic mass is 9.99. The van der Waals surface area contributed by atoms with Gasteiger partial charge in [-0.3, -0.25) is 0 Å². The summed E-state index contributed by atoms with van der Waals surface area (Å²) in [4.78, 5) is 25.4. The van der Waals surface area contributed by atoms with E-state index in [2.05, 4.69) is 0 Å². The number of ether oxygens (including phenoxy) is 4. The summed E-state index contributed by atoms with van der Waals surface area (Å²) in [5.41, 5.74) is 2.13. The quantitative estimate of drug-likeness (QED) is 0.234. The van der Waals surface area contributed by atoms with Gasteiger partial charge in [0.15, 0.2) is 11.5 Å². The second kappa shape index (κ2) is 9.08. The molecule has 0 aliphatic carbocycles. The van der Waals surface area contributed by atoms with Gasteiger partial charge in [-0.05, 0) is 66.6 Å². The van der Waals surface area contributed by atoms with Crippen molar-refractivity contribution in [3.05, 3.63) is 82.2 Å². The molecule has 0 fully saturated rings. The average molecular weight is 446 g/mol. The largest absolute Gasteiger partial charge is 0.497 e. The van der Waals surface area contributed by atoms with E-state index in [1.54, 1.807) is 67.8 Å². The summed E-state index contributed by atoms with van der Waals surface area (Å²) in [5, 5.41) is 0.665. The van der Waals surface area contributed by atoms with Gasteiger partial charge < -0.3 is 23.4 Å². The zero-order valence-corrected chi connectivity index (χ0v) is 18.6. The molecular formula is C26H22O7. The number of benzene rings is 3. The number of rotatable bonds is 6. The summed E-state index contributed by atoms with van der Waals surface area (Å²) >= 11 is 0. The molecule has 4 rings (SSSR count). The van der Waals surface area contributed by atoms with E-state index in [1.165, 1.54) is 14.2 Å². The van der Waals surface area contributed by atoms with Crippen LogP contribution in [0.15, 0.2) is 69.9 Å². The second-order valence-electron chi connectivity index (χ2n) is 7.24. The highest BCUT2D eigenvalue weighted by Gasteiger charge is 2.17. The minimum absolute atomic E-state index is 0.308. The maximum atomic E-state index is 12.7. The summed E-state index contributed by atoms with van der Waals surface area (Å²) in [6.07, 6.45) is 0. The highest BCUT2D eigenvalue weighted by atomic mass is 16.5. The molecule has 0 radical (unpaired) electrons. The lowest BCUT2D eigenvalue weighted by Crippen LogP contribution is -2.09. The minimum Gasteiger partial charge on any atom is -0.497 e. The van der Waals surface area contributed by atoms with Crippen LogP contribution in [-0.4, -0.2) is 27.3 Å². The molecule has 33 heavy (non-hydrogen) atoms. The van der Waals surface area contributed by atoms with E-state index in [0.29, 0.717) is 50.7 Å². The summed E-state index contributed by atoms with van der Waals surface area (Å²) in [6.45, 7) is 1.83. The van der Waals surface area contributed by atoms with Crippen molar-refractivity contribution in [1.29, 1.82) is 0 Å². The minimum atomic E-state index is -0.555. The Bertz CT molecular complexity index is 1380. The van der Waals surface area contributed by atoms with Crippen molar-refractivity contribution < 1.29 is 28.2 Å². The number of carbonyl (C=O) groups excluding carboxylic acids is 1. The predicted octanol–water partition coefficient (Wildman–Crippen LogP) is 5.01. The maximum Gasteiger partial charge on any atom is 0.344 e. The molecule has 0 amide bonds. The number of esters is 1. The number of fused-ring (bicyclic) bond motifs is 1. The number of hydrogen-bond donors (Lipinski definition) is 0. The monoisotopic (exact) mass is 446 g/mol. The Morgan fingerprint density at radius 3 is 2.15 bits per heavy atom. The van der Waals surface area contributed by atoms with Gasteiger partial charge in [-0.1, -0.05) is 12.1 Å². The summed E-state index contributed by atoms with van der Waals surface area (Å²) in [6, 6.07) is 16.8. The zero-order chi connectivity index (χ0) is 23.5. The SMILES string of the molecule is COc1ccc(-c2c(C)c3cc(OC(=O)c4ccc(OC)c(OC)c4)ccc3oc2=O)cc1. The smallest absolute Gasteiger partial charge is 0.344 e. The molecule has 168 valence electrons. The van der Waals surface area contributed by atoms with Gasteiger partial charge in [0.05, 0.1) is 32.5 Å². The third-order valence-electron chi connectivity index (χ3n) is 5.35. The molecule has 7 nitrogen and oxygen atoms in total. The van der Waals surface area contributed by atoms with Gasteiger partial charge >= 0.3 is 11.6 Å². The molecule has 4 aromatic rings. The van der Waals surface area contributed by atoms with Crippen LogP contribution in [-0.2, 0) is 0 Å². The fourth-order valence-electron chi connectivity index (χ4n) is 3.61. The van der Waals surface area contributed by atoms with Crippen LogP contribution in [0.5, 0.6) is 23.0 Å². The van der Waals surface area contributed by atoms with Crippen molar-refractivity contribution in [2.24, 2.45) is 0 Å². The summed E-state index contributed by atoms with van der Waals surface area (Å²) in [7, 11) is 4.59. The van der Waals surface area contributed by atoms with E-state index >= 15 is 0 Å². The molecule has 0 saturated heterocycles. The molecule has 0 spiro atoms. The number of aryl methyl sites for hydroxylation is 1. The third kappa shape index (κ3) is 4.25. The Hall–Kier alpha value is -4.26. The van der Waals surface area contributed by atoms with Gasteiger partial charge in [0, 0.05) is 5.39 Å². The highest BCUT2D eigenvalue weighted by molar-refractivity contribution is 5.93. The molecule has 0 atom stereocenters. The van der Waals surface area contributed by atoms with Crippen molar-refractivity contribution in [2.45, 2.75) is 6.92 Å². The number of hydrogen-bond acceptors (Lipinski definition) is 7. The van der Waals surface area contributed by atoms with Crippen molar-refractivity contribution >= 4 is 16.9 Å². The molecule has 0 N–H and O–H groups in total. The Morgan fingerprint density at radius 2 is 1.48 bits per heavy atom. The van der Waals surface area contributed by atoms with Gasteiger partial charge in [-0.15, -0.1) is 0 Å². The van der Waals surface area contributed by atoms with Crippen LogP contribution in [0.25, 0.3) is 22.1 Å². The van der Waals surface area contributed by atoms with E-state index in [-0.39, 0.29) is 0 Å². The molecule has 0 aliphatic heterocycles. The molecule has 0 aliphatic rings. The second-order valence-corrected chi connectivity index (χ2v) is 7.24. The molecule has 0 bridgehead atoms.